The number of hydrogen-bond acceptors (Lipinski definition) is 20. The van der Waals surface area contributed by atoms with Gasteiger partial charge >= 0.3 is 23.5 Å². The van der Waals surface area contributed by atoms with Gasteiger partial charge in [-0.2, -0.15) is 4.31 Å². The minimum absolute atomic E-state index is 0.0187. The van der Waals surface area contributed by atoms with Crippen LogP contribution in [0, 0.1) is 5.41 Å². The van der Waals surface area contributed by atoms with Gasteiger partial charge in [0.1, 0.15) is 36.3 Å². The zero-order valence-electron chi connectivity index (χ0n) is 39.6. The van der Waals surface area contributed by atoms with E-state index in [1.165, 1.54) is 13.8 Å². The molecule has 2 aromatic heterocycles. The van der Waals surface area contributed by atoms with E-state index in [-0.39, 0.29) is 47.4 Å². The highest BCUT2D eigenvalue weighted by Crippen LogP contribution is 2.61. The van der Waals surface area contributed by atoms with Crippen LogP contribution in [0.3, 0.4) is 0 Å². The summed E-state index contributed by atoms with van der Waals surface area (Å²) in [7, 11) is -16.5. The van der Waals surface area contributed by atoms with E-state index in [0.29, 0.717) is 44.3 Å². The number of nitrogens with zero attached hydrogens (tertiary/aromatic N) is 4. The van der Waals surface area contributed by atoms with Crippen molar-refractivity contribution in [3.63, 3.8) is 0 Å². The number of allylic oxidation sites excluding steroid dienone is 3. The Balaban J connectivity index is 1.10. The number of imidazole rings is 1. The number of anilines is 1. The molecule has 8 atom stereocenters. The predicted octanol–water partition coefficient (Wildman–Crippen LogP) is 3.16. The molecule has 1 fully saturated rings. The maximum atomic E-state index is 12.8. The second-order valence-corrected chi connectivity index (χ2v) is 22.9. The lowest BCUT2D eigenvalue weighted by Gasteiger charge is -2.30. The summed E-state index contributed by atoms with van der Waals surface area (Å²) in [5.74, 6) is -0.998. The Labute approximate surface area is 414 Å². The van der Waals surface area contributed by atoms with Gasteiger partial charge in [-0.3, -0.25) is 37.3 Å². The molecule has 71 heavy (non-hydrogen) atoms. The van der Waals surface area contributed by atoms with Crippen LogP contribution in [0.1, 0.15) is 110 Å². The van der Waals surface area contributed by atoms with Crippen LogP contribution in [0.2, 0.25) is 0 Å². The molecule has 8 unspecified atom stereocenters. The number of thioether (sulfide) groups is 1. The number of rotatable bonds is 32. The third-order valence-electron chi connectivity index (χ3n) is 11.3. The van der Waals surface area contributed by atoms with E-state index in [1.807, 2.05) is 6.08 Å². The second kappa shape index (κ2) is 27.8. The van der Waals surface area contributed by atoms with Gasteiger partial charge in [0.05, 0.1) is 25.6 Å². The van der Waals surface area contributed by atoms with Crippen molar-refractivity contribution in [2.24, 2.45) is 5.41 Å². The minimum atomic E-state index is -5.59. The molecular weight excluding hydrogens is 1020 g/mol. The quantitative estimate of drug-likeness (QED) is 0.0371. The molecule has 2 amide bonds. The standard InChI is InChI=1S/C41H66N7O19P3S/c1-4-5-8-11-27(49)16-14-26-15-17-29(50)28(26)12-9-6-7-10-13-32(52)71-21-20-43-31(51)18-19-44-39(55)36(54)41(2,3)23-64-70(61,62)67-69(59,60)63-22-30-35(66-68(56,57)58)34(53)40(65-30)48-25-47-33-37(42)45-24-46-38(33)48/h14,16,24-25,27,30,34-36,40,49,53-54H,4-13,15,17-23H2,1-3H3,(H,43,51)(H,44,55)(H,59,60)(H,61,62)(H2,42,45,46)(H2,56,57,58)/b16-14+. The smallest absolute Gasteiger partial charge is 0.389 e. The summed E-state index contributed by atoms with van der Waals surface area (Å²) in [5.41, 5.74) is 6.10. The van der Waals surface area contributed by atoms with Crippen molar-refractivity contribution in [3.05, 3.63) is 36.0 Å². The van der Waals surface area contributed by atoms with Crippen LogP contribution >= 0.6 is 35.2 Å². The SMILES string of the molecule is CCCCCC(O)/C=C/C1=C(CCCCCCC(=O)SCCNC(=O)CCNC(=O)C(O)C(C)(C)COP(=O)(O)OP(=O)(O)OCC2OC(n3cnc4c(N)ncnc43)C(O)C2OP(=O)(O)O)C(=O)CC1. The zero-order valence-corrected chi connectivity index (χ0v) is 43.1. The number of phosphoric acid groups is 3. The number of nitrogen functional groups attached to an aromatic ring is 1. The van der Waals surface area contributed by atoms with Crippen molar-refractivity contribution in [1.29, 1.82) is 0 Å². The number of fused-ring (bicyclic) bond motifs is 1. The van der Waals surface area contributed by atoms with Gasteiger partial charge < -0.3 is 56.0 Å². The van der Waals surface area contributed by atoms with E-state index < -0.39 is 90.7 Å². The summed E-state index contributed by atoms with van der Waals surface area (Å²) in [6.45, 7) is 2.53. The fourth-order valence-electron chi connectivity index (χ4n) is 7.43. The molecule has 0 bridgehead atoms. The van der Waals surface area contributed by atoms with Crippen LogP contribution in [0.25, 0.3) is 11.2 Å². The number of nitrogens with two attached hydrogens (primary N) is 1. The van der Waals surface area contributed by atoms with Crippen LogP contribution in [0.15, 0.2) is 36.0 Å². The summed E-state index contributed by atoms with van der Waals surface area (Å²) in [6.07, 6.45) is 5.47. The van der Waals surface area contributed by atoms with Gasteiger partial charge in [0, 0.05) is 43.5 Å². The molecule has 0 spiro atoms. The summed E-state index contributed by atoms with van der Waals surface area (Å²) in [4.78, 5) is 101. The van der Waals surface area contributed by atoms with Crippen molar-refractivity contribution in [2.45, 2.75) is 141 Å². The van der Waals surface area contributed by atoms with Crippen molar-refractivity contribution in [1.82, 2.24) is 30.2 Å². The van der Waals surface area contributed by atoms with Gasteiger partial charge in [0.2, 0.25) is 11.8 Å². The number of phosphoric ester groups is 3. The molecule has 0 aromatic carbocycles. The molecule has 2 aromatic rings. The summed E-state index contributed by atoms with van der Waals surface area (Å²) in [6, 6.07) is 0. The molecule has 400 valence electrons. The Morgan fingerprint density at radius 1 is 0.972 bits per heavy atom. The van der Waals surface area contributed by atoms with E-state index in [1.54, 1.807) is 6.08 Å². The van der Waals surface area contributed by atoms with Gasteiger partial charge in [-0.1, -0.05) is 76.8 Å². The van der Waals surface area contributed by atoms with E-state index in [4.69, 9.17) is 19.5 Å². The Kier molecular flexibility index (Phi) is 23.6. The number of ketones is 1. The minimum Gasteiger partial charge on any atom is -0.389 e. The normalized spacial score (nSPS) is 21.4. The van der Waals surface area contributed by atoms with E-state index >= 15 is 0 Å². The first-order valence-electron chi connectivity index (χ1n) is 23.0. The monoisotopic (exact) mass is 1090 g/mol. The van der Waals surface area contributed by atoms with Gasteiger partial charge in [-0.25, -0.2) is 28.6 Å². The highest BCUT2D eigenvalue weighted by Gasteiger charge is 2.50. The van der Waals surface area contributed by atoms with E-state index in [0.717, 1.165) is 78.7 Å². The van der Waals surface area contributed by atoms with Crippen LogP contribution < -0.4 is 16.4 Å². The fraction of sp³-hybridized carbons (Fsp3) is 0.683. The number of nitrogens with one attached hydrogen (secondary N) is 2. The molecule has 2 aliphatic rings. The average Bonchev–Trinajstić information content (AvgIpc) is 3.97. The molecule has 1 aliphatic carbocycles. The Morgan fingerprint density at radius 3 is 2.41 bits per heavy atom. The third-order valence-corrected chi connectivity index (χ3v) is 15.3. The number of aromatic nitrogens is 4. The molecule has 30 heteroatoms. The Hall–Kier alpha value is -3.33. The second-order valence-electron chi connectivity index (χ2n) is 17.6. The van der Waals surface area contributed by atoms with Crippen LogP contribution in [-0.2, 0) is 55.5 Å². The fourth-order valence-corrected chi connectivity index (χ4v) is 11.0. The van der Waals surface area contributed by atoms with Crippen molar-refractivity contribution >= 4 is 74.9 Å². The van der Waals surface area contributed by atoms with Gasteiger partial charge in [-0.15, -0.1) is 0 Å². The lowest BCUT2D eigenvalue weighted by molar-refractivity contribution is -0.137. The molecule has 4 rings (SSSR count). The van der Waals surface area contributed by atoms with Crippen molar-refractivity contribution in [3.8, 4) is 0 Å². The summed E-state index contributed by atoms with van der Waals surface area (Å²) in [5, 5.41) is 36.8. The number of Topliss-reactive ketones (excluding diaryl/α,β-unsaturated/α-hetero) is 1. The number of hydrogen-bond donors (Lipinski definition) is 10. The van der Waals surface area contributed by atoms with Crippen molar-refractivity contribution < 1.29 is 90.4 Å². The molecule has 3 heterocycles. The molecule has 0 radical (unpaired) electrons. The van der Waals surface area contributed by atoms with Crippen LogP contribution in [0.4, 0.5) is 5.82 Å². The number of amides is 2. The molecule has 26 nitrogen and oxygen atoms in total. The van der Waals surface area contributed by atoms with Gasteiger partial charge in [-0.05, 0) is 43.3 Å². The van der Waals surface area contributed by atoms with E-state index in [9.17, 15) is 67.8 Å². The summed E-state index contributed by atoms with van der Waals surface area (Å²) >= 11 is 1.09. The topological polar surface area (TPSA) is 401 Å². The first-order chi connectivity index (χ1) is 33.3. The lowest BCUT2D eigenvalue weighted by Crippen LogP contribution is -2.46. The third kappa shape index (κ3) is 19.8. The number of carbonyl (C=O) groups excluding carboxylic acids is 4. The number of ether oxygens (including phenoxy) is 1. The van der Waals surface area contributed by atoms with Crippen LogP contribution in [0.5, 0.6) is 0 Å². The highest BCUT2D eigenvalue weighted by atomic mass is 32.2. The molecule has 1 aliphatic heterocycles. The summed E-state index contributed by atoms with van der Waals surface area (Å²) < 4.78 is 62.5. The highest BCUT2D eigenvalue weighted by molar-refractivity contribution is 8.13. The Morgan fingerprint density at radius 2 is 1.69 bits per heavy atom. The largest absolute Gasteiger partial charge is 0.481 e. The number of unbranched alkanes of at least 4 members (excludes halogenated alkanes) is 5. The Bertz CT molecular complexity index is 2350. The van der Waals surface area contributed by atoms with E-state index in [2.05, 4.69) is 41.3 Å². The van der Waals surface area contributed by atoms with Gasteiger partial charge in [0.25, 0.3) is 0 Å². The molecule has 1 saturated heterocycles. The lowest BCUT2D eigenvalue weighted by atomic mass is 9.87. The molecule has 11 N–H and O–H groups in total. The maximum Gasteiger partial charge on any atom is 0.481 e. The van der Waals surface area contributed by atoms with Crippen LogP contribution in [-0.4, -0.2) is 140 Å². The number of aliphatic hydroxyl groups is 3. The van der Waals surface area contributed by atoms with Gasteiger partial charge in [0.15, 0.2) is 28.6 Å². The van der Waals surface area contributed by atoms with Crippen molar-refractivity contribution in [2.75, 3.05) is 37.8 Å². The maximum absolute atomic E-state index is 12.8. The average molecular weight is 1090 g/mol. The molecular formula is C41H66N7O19P3S. The number of carbonyl (C=O) groups is 4. The number of aliphatic hydroxyl groups excluding tert-OH is 3. The zero-order chi connectivity index (χ0) is 52.6. The first kappa shape index (κ1) is 60.2. The first-order valence-corrected chi connectivity index (χ1v) is 28.5. The predicted molar refractivity (Wildman–Crippen MR) is 255 cm³/mol. The molecule has 0 saturated carbocycles.